The Morgan fingerprint density at radius 2 is 1.63 bits per heavy atom. The number of nitrogens with zero attached hydrogens (tertiary/aromatic N) is 3. The monoisotopic (exact) mass is 537 g/mol. The van der Waals surface area contributed by atoms with Crippen molar-refractivity contribution in [3.05, 3.63) is 75.7 Å². The van der Waals surface area contributed by atoms with E-state index in [0.717, 1.165) is 28.8 Å². The van der Waals surface area contributed by atoms with E-state index in [2.05, 4.69) is 9.97 Å². The van der Waals surface area contributed by atoms with E-state index in [1.165, 1.54) is 19.3 Å². The van der Waals surface area contributed by atoms with Gasteiger partial charge in [-0.15, -0.1) is 0 Å². The van der Waals surface area contributed by atoms with E-state index >= 15 is 0 Å². The van der Waals surface area contributed by atoms with E-state index < -0.39 is 41.7 Å². The maximum atomic E-state index is 13.5. The van der Waals surface area contributed by atoms with Crippen molar-refractivity contribution in [1.29, 1.82) is 0 Å². The molecule has 0 aliphatic carbocycles. The minimum absolute atomic E-state index is 0.00887. The average molecular weight is 538 g/mol. The number of benzene rings is 2. The van der Waals surface area contributed by atoms with Crippen molar-refractivity contribution in [2.75, 3.05) is 13.3 Å². The van der Waals surface area contributed by atoms with Crippen molar-refractivity contribution in [1.82, 2.24) is 14.9 Å². The number of carbonyl (C=O) groups is 1. The Morgan fingerprint density at radius 3 is 2.14 bits per heavy atom. The molecule has 0 spiro atoms. The molecule has 1 aromatic heterocycles. The minimum Gasteiger partial charge on any atom is -0.337 e. The molecule has 35 heavy (non-hydrogen) atoms. The van der Waals surface area contributed by atoms with E-state index in [1.807, 2.05) is 0 Å². The predicted molar refractivity (Wildman–Crippen MR) is 116 cm³/mol. The molecule has 1 heterocycles. The number of rotatable bonds is 5. The van der Waals surface area contributed by atoms with Gasteiger partial charge in [0.1, 0.15) is 5.82 Å². The normalized spacial score (nSPS) is 12.1. The fourth-order valence-corrected chi connectivity index (χ4v) is 3.77. The molecular weight excluding hydrogens is 523 g/mol. The van der Waals surface area contributed by atoms with Crippen molar-refractivity contribution in [3.8, 4) is 11.3 Å². The summed E-state index contributed by atoms with van der Waals surface area (Å²) in [5.74, 6) is -1.42. The summed E-state index contributed by atoms with van der Waals surface area (Å²) in [4.78, 5) is 22.4. The minimum atomic E-state index is -5.02. The Kier molecular flexibility index (Phi) is 7.65. The molecule has 0 aliphatic heterocycles. The average Bonchev–Trinajstić information content (AvgIpc) is 2.77. The third-order valence-electron chi connectivity index (χ3n) is 4.78. The molecular formula is C22H15ClF7N3OS. The van der Waals surface area contributed by atoms with Crippen LogP contribution in [-0.2, 0) is 18.9 Å². The third kappa shape index (κ3) is 6.23. The molecule has 0 N–H and O–H groups in total. The van der Waals surface area contributed by atoms with Gasteiger partial charge in [-0.05, 0) is 48.2 Å². The summed E-state index contributed by atoms with van der Waals surface area (Å²) in [6, 6.07) is 4.50. The summed E-state index contributed by atoms with van der Waals surface area (Å²) in [5, 5.41) is 0.201. The van der Waals surface area contributed by atoms with Crippen molar-refractivity contribution >= 4 is 29.3 Å². The molecule has 3 aromatic rings. The standard InChI is InChI=1S/C22H15ClF7N3OS/c1-33(10-11-5-12(21(25,26)27)7-13(6-11)22(28,29)30)19(34)16-9-31-20(35-2)32-18(16)15-4-3-14(24)8-17(15)23/h3-9H,10H2,1-2H3. The van der Waals surface area contributed by atoms with E-state index in [1.54, 1.807) is 6.26 Å². The van der Waals surface area contributed by atoms with Gasteiger partial charge < -0.3 is 4.90 Å². The van der Waals surface area contributed by atoms with E-state index in [9.17, 15) is 35.5 Å². The number of halogens is 8. The second-order valence-corrected chi connectivity index (χ2v) is 8.50. The van der Waals surface area contributed by atoms with Gasteiger partial charge in [0, 0.05) is 25.4 Å². The molecule has 0 bridgehead atoms. The maximum absolute atomic E-state index is 13.5. The number of amides is 1. The Labute approximate surface area is 204 Å². The van der Waals surface area contributed by atoms with E-state index in [0.29, 0.717) is 12.1 Å². The summed E-state index contributed by atoms with van der Waals surface area (Å²) in [7, 11) is 1.20. The summed E-state index contributed by atoms with van der Waals surface area (Å²) in [6.45, 7) is -0.577. The lowest BCUT2D eigenvalue weighted by Crippen LogP contribution is -2.27. The zero-order valence-electron chi connectivity index (χ0n) is 17.9. The first-order valence-corrected chi connectivity index (χ1v) is 11.2. The maximum Gasteiger partial charge on any atom is 0.416 e. The molecule has 0 unspecified atom stereocenters. The van der Waals surface area contributed by atoms with E-state index in [-0.39, 0.29) is 38.6 Å². The van der Waals surface area contributed by atoms with Crippen LogP contribution in [0.5, 0.6) is 0 Å². The smallest absolute Gasteiger partial charge is 0.337 e. The molecule has 0 atom stereocenters. The molecule has 0 fully saturated rings. The first kappa shape index (κ1) is 26.7. The fourth-order valence-electron chi connectivity index (χ4n) is 3.17. The fraction of sp³-hybridized carbons (Fsp3) is 0.227. The van der Waals surface area contributed by atoms with Gasteiger partial charge in [-0.2, -0.15) is 26.3 Å². The van der Waals surface area contributed by atoms with Gasteiger partial charge >= 0.3 is 12.4 Å². The Morgan fingerprint density at radius 1 is 1.03 bits per heavy atom. The summed E-state index contributed by atoms with van der Waals surface area (Å²) < 4.78 is 92.5. The first-order chi connectivity index (χ1) is 16.2. The molecule has 2 aromatic carbocycles. The van der Waals surface area contributed by atoms with Crippen molar-refractivity contribution in [2.24, 2.45) is 0 Å². The molecule has 0 saturated carbocycles. The quantitative estimate of drug-likeness (QED) is 0.200. The highest BCUT2D eigenvalue weighted by Gasteiger charge is 2.37. The molecule has 0 radical (unpaired) electrons. The highest BCUT2D eigenvalue weighted by Crippen LogP contribution is 2.37. The molecule has 13 heteroatoms. The lowest BCUT2D eigenvalue weighted by molar-refractivity contribution is -0.143. The largest absolute Gasteiger partial charge is 0.416 e. The van der Waals surface area contributed by atoms with Crippen LogP contribution in [0.3, 0.4) is 0 Å². The number of hydrogen-bond donors (Lipinski definition) is 0. The van der Waals surface area contributed by atoms with Gasteiger partial charge in [0.2, 0.25) is 0 Å². The Bertz CT molecular complexity index is 1230. The van der Waals surface area contributed by atoms with Crippen molar-refractivity contribution < 1.29 is 35.5 Å². The van der Waals surface area contributed by atoms with Crippen LogP contribution in [0.4, 0.5) is 30.7 Å². The molecule has 4 nitrogen and oxygen atoms in total. The topological polar surface area (TPSA) is 46.1 Å². The van der Waals surface area contributed by atoms with Gasteiger partial charge in [0.15, 0.2) is 5.16 Å². The van der Waals surface area contributed by atoms with Gasteiger partial charge in [-0.25, -0.2) is 14.4 Å². The van der Waals surface area contributed by atoms with Crippen LogP contribution in [0.25, 0.3) is 11.3 Å². The van der Waals surface area contributed by atoms with Crippen LogP contribution < -0.4 is 0 Å². The Balaban J connectivity index is 2.02. The number of hydrogen-bond acceptors (Lipinski definition) is 4. The van der Waals surface area contributed by atoms with Gasteiger partial charge in [0.25, 0.3) is 5.91 Å². The second kappa shape index (κ2) is 10.0. The van der Waals surface area contributed by atoms with Crippen LogP contribution >= 0.6 is 23.4 Å². The molecule has 0 aliphatic rings. The number of alkyl halides is 6. The number of aromatic nitrogens is 2. The van der Waals surface area contributed by atoms with Crippen molar-refractivity contribution in [3.63, 3.8) is 0 Å². The zero-order chi connectivity index (χ0) is 26.1. The molecule has 0 saturated heterocycles. The van der Waals surface area contributed by atoms with Gasteiger partial charge in [-0.1, -0.05) is 23.4 Å². The summed E-state index contributed by atoms with van der Waals surface area (Å²) >= 11 is 7.27. The van der Waals surface area contributed by atoms with E-state index in [4.69, 9.17) is 11.6 Å². The van der Waals surface area contributed by atoms with Crippen LogP contribution in [0.2, 0.25) is 5.02 Å². The molecule has 3 rings (SSSR count). The van der Waals surface area contributed by atoms with Crippen LogP contribution in [0.15, 0.2) is 47.8 Å². The molecule has 1 amide bonds. The zero-order valence-corrected chi connectivity index (χ0v) is 19.5. The SMILES string of the molecule is CSc1ncc(C(=O)N(C)Cc2cc(C(F)(F)F)cc(C(F)(F)F)c2)c(-c2ccc(F)cc2Cl)n1. The van der Waals surface area contributed by atoms with Crippen LogP contribution in [0, 0.1) is 5.82 Å². The molecule has 186 valence electrons. The highest BCUT2D eigenvalue weighted by atomic mass is 35.5. The predicted octanol–water partition coefficient (Wildman–Crippen LogP) is 6.97. The van der Waals surface area contributed by atoms with Crippen LogP contribution in [0.1, 0.15) is 27.0 Å². The summed E-state index contributed by atoms with van der Waals surface area (Å²) in [6.07, 6.45) is -7.20. The van der Waals surface area contributed by atoms with Crippen molar-refractivity contribution in [2.45, 2.75) is 24.1 Å². The van der Waals surface area contributed by atoms with Gasteiger partial charge in [-0.3, -0.25) is 4.79 Å². The number of carbonyl (C=O) groups excluding carboxylic acids is 1. The third-order valence-corrected chi connectivity index (χ3v) is 5.65. The van der Waals surface area contributed by atoms with Gasteiger partial charge in [0.05, 0.1) is 27.4 Å². The Hall–Kier alpha value is -2.86. The second-order valence-electron chi connectivity index (χ2n) is 7.32. The first-order valence-electron chi connectivity index (χ1n) is 9.61. The lowest BCUT2D eigenvalue weighted by Gasteiger charge is -2.21. The number of thioether (sulfide) groups is 1. The van der Waals surface area contributed by atoms with Crippen LogP contribution in [-0.4, -0.2) is 34.1 Å². The highest BCUT2D eigenvalue weighted by molar-refractivity contribution is 7.98. The summed E-state index contributed by atoms with van der Waals surface area (Å²) in [5.41, 5.74) is -3.26. The lowest BCUT2D eigenvalue weighted by atomic mass is 10.0.